The minimum Gasteiger partial charge on any atom is -0.314 e. The van der Waals surface area contributed by atoms with Crippen molar-refractivity contribution in [3.8, 4) is 11.3 Å². The van der Waals surface area contributed by atoms with Gasteiger partial charge in [-0.1, -0.05) is 12.1 Å². The molecular weight excluding hydrogens is 394 g/mol. The number of rotatable bonds is 7. The van der Waals surface area contributed by atoms with Crippen molar-refractivity contribution in [2.24, 2.45) is 0 Å². The zero-order valence-electron chi connectivity index (χ0n) is 17.8. The molecule has 1 atom stereocenters. The normalized spacial score (nSPS) is 17.1. The van der Waals surface area contributed by atoms with Crippen molar-refractivity contribution in [3.63, 3.8) is 0 Å². The molecule has 2 aromatic carbocycles. The van der Waals surface area contributed by atoms with E-state index in [0.717, 1.165) is 55.1 Å². The molecule has 1 N–H and O–H groups in total. The van der Waals surface area contributed by atoms with Gasteiger partial charge in [0.25, 0.3) is 0 Å². The highest BCUT2D eigenvalue weighted by Gasteiger charge is 2.19. The van der Waals surface area contributed by atoms with Crippen molar-refractivity contribution in [2.75, 3.05) is 19.6 Å². The second-order valence-corrected chi connectivity index (χ2v) is 8.17. The van der Waals surface area contributed by atoms with Crippen LogP contribution in [0.25, 0.3) is 11.3 Å². The van der Waals surface area contributed by atoms with Gasteiger partial charge in [0.05, 0.1) is 5.69 Å². The molecule has 1 fully saturated rings. The Morgan fingerprint density at radius 3 is 2.84 bits per heavy atom. The Morgan fingerprint density at radius 2 is 2.00 bits per heavy atom. The first-order valence-corrected chi connectivity index (χ1v) is 10.9. The lowest BCUT2D eigenvalue weighted by atomic mass is 10.1. The van der Waals surface area contributed by atoms with Gasteiger partial charge in [0.1, 0.15) is 17.5 Å². The molecule has 162 valence electrons. The molecule has 3 aromatic rings. The molecule has 0 unspecified atom stereocenters. The molecule has 0 radical (unpaired) electrons. The topological polar surface area (TPSA) is 41.0 Å². The van der Waals surface area contributed by atoms with E-state index in [-0.39, 0.29) is 11.6 Å². The Balaban J connectivity index is 1.44. The Hall–Kier alpha value is -2.70. The molecule has 0 amide bonds. The fraction of sp³-hybridized carbons (Fsp3) is 0.360. The predicted octanol–water partition coefficient (Wildman–Crippen LogP) is 4.39. The van der Waals surface area contributed by atoms with Crippen LogP contribution >= 0.6 is 0 Å². The third kappa shape index (κ3) is 5.71. The summed E-state index contributed by atoms with van der Waals surface area (Å²) < 4.78 is 27.8. The number of hydrogen-bond donors (Lipinski definition) is 1. The molecule has 4 rings (SSSR count). The molecule has 0 saturated carbocycles. The predicted molar refractivity (Wildman–Crippen MR) is 119 cm³/mol. The van der Waals surface area contributed by atoms with Crippen molar-refractivity contribution in [3.05, 3.63) is 83.3 Å². The molecule has 2 heterocycles. The average molecular weight is 423 g/mol. The minimum atomic E-state index is -0.210. The summed E-state index contributed by atoms with van der Waals surface area (Å²) in [5.41, 5.74) is 3.36. The molecule has 4 nitrogen and oxygen atoms in total. The van der Waals surface area contributed by atoms with Crippen LogP contribution in [0.4, 0.5) is 8.78 Å². The molecule has 6 heteroatoms. The van der Waals surface area contributed by atoms with Gasteiger partial charge in [0.15, 0.2) is 0 Å². The maximum absolute atomic E-state index is 14.5. The van der Waals surface area contributed by atoms with Crippen molar-refractivity contribution < 1.29 is 8.78 Å². The number of nitrogens with zero attached hydrogens (tertiary/aromatic N) is 3. The Morgan fingerprint density at radius 1 is 1.10 bits per heavy atom. The number of aromatic nitrogens is 2. The van der Waals surface area contributed by atoms with E-state index >= 15 is 0 Å². The van der Waals surface area contributed by atoms with Crippen LogP contribution in [0.3, 0.4) is 0 Å². The van der Waals surface area contributed by atoms with Crippen LogP contribution in [-0.2, 0) is 19.4 Å². The van der Waals surface area contributed by atoms with Gasteiger partial charge in [0.2, 0.25) is 0 Å². The summed E-state index contributed by atoms with van der Waals surface area (Å²) in [7, 11) is 0. The summed E-state index contributed by atoms with van der Waals surface area (Å²) in [6.07, 6.45) is 4.06. The van der Waals surface area contributed by atoms with Crippen LogP contribution in [0, 0.1) is 11.6 Å². The van der Waals surface area contributed by atoms with E-state index in [1.54, 1.807) is 24.4 Å². The SMILES string of the molecule is C[C@H]1CNCCN1Cc1cc(-c2ccnc(CCCc3cccc(F)c3)n2)ccc1F. The minimum absolute atomic E-state index is 0.182. The van der Waals surface area contributed by atoms with E-state index < -0.39 is 0 Å². The summed E-state index contributed by atoms with van der Waals surface area (Å²) in [6.45, 7) is 5.51. The lowest BCUT2D eigenvalue weighted by molar-refractivity contribution is 0.164. The number of aryl methyl sites for hydroxylation is 2. The van der Waals surface area contributed by atoms with Crippen LogP contribution < -0.4 is 5.32 Å². The number of piperazine rings is 1. The molecule has 1 aromatic heterocycles. The summed E-state index contributed by atoms with van der Waals surface area (Å²) in [5.74, 6) is 0.354. The molecule has 31 heavy (non-hydrogen) atoms. The van der Waals surface area contributed by atoms with E-state index in [0.29, 0.717) is 24.6 Å². The third-order valence-corrected chi connectivity index (χ3v) is 5.81. The van der Waals surface area contributed by atoms with Crippen LogP contribution in [0.2, 0.25) is 0 Å². The van der Waals surface area contributed by atoms with Crippen LogP contribution in [-0.4, -0.2) is 40.5 Å². The Labute approximate surface area is 182 Å². The quantitative estimate of drug-likeness (QED) is 0.613. The van der Waals surface area contributed by atoms with Gasteiger partial charge in [-0.3, -0.25) is 4.90 Å². The van der Waals surface area contributed by atoms with E-state index in [9.17, 15) is 8.78 Å². The van der Waals surface area contributed by atoms with E-state index in [4.69, 9.17) is 4.98 Å². The van der Waals surface area contributed by atoms with Gasteiger partial charge in [-0.15, -0.1) is 0 Å². The lowest BCUT2D eigenvalue weighted by Gasteiger charge is -2.34. The van der Waals surface area contributed by atoms with Crippen molar-refractivity contribution >= 4 is 0 Å². The van der Waals surface area contributed by atoms with Gasteiger partial charge >= 0.3 is 0 Å². The highest BCUT2D eigenvalue weighted by molar-refractivity contribution is 5.59. The second kappa shape index (κ2) is 10.1. The van der Waals surface area contributed by atoms with E-state index in [1.807, 2.05) is 18.2 Å². The first-order chi connectivity index (χ1) is 15.1. The van der Waals surface area contributed by atoms with Crippen molar-refractivity contribution in [2.45, 2.75) is 38.8 Å². The summed E-state index contributed by atoms with van der Waals surface area (Å²) in [6, 6.07) is 14.1. The zero-order chi connectivity index (χ0) is 21.6. The number of hydrogen-bond acceptors (Lipinski definition) is 4. The second-order valence-electron chi connectivity index (χ2n) is 8.17. The molecule has 1 saturated heterocycles. The van der Waals surface area contributed by atoms with Crippen LogP contribution in [0.5, 0.6) is 0 Å². The highest BCUT2D eigenvalue weighted by Crippen LogP contribution is 2.22. The van der Waals surface area contributed by atoms with E-state index in [1.165, 1.54) is 12.1 Å². The summed E-state index contributed by atoms with van der Waals surface area (Å²) in [4.78, 5) is 11.4. The molecule has 1 aliphatic heterocycles. The number of nitrogens with one attached hydrogen (secondary N) is 1. The van der Waals surface area contributed by atoms with E-state index in [2.05, 4.69) is 22.1 Å². The smallest absolute Gasteiger partial charge is 0.128 e. The highest BCUT2D eigenvalue weighted by atomic mass is 19.1. The number of benzene rings is 2. The standard InChI is InChI=1S/C25H28F2N4/c1-18-16-28-12-13-31(18)17-21-15-20(8-9-23(21)27)24-10-11-29-25(30-24)7-3-5-19-4-2-6-22(26)14-19/h2,4,6,8-11,14-15,18,28H,3,5,7,12-13,16-17H2,1H3/t18-/m0/s1. The maximum Gasteiger partial charge on any atom is 0.128 e. The first kappa shape index (κ1) is 21.5. The van der Waals surface area contributed by atoms with Gasteiger partial charge in [0, 0.05) is 56.0 Å². The maximum atomic E-state index is 14.5. The van der Waals surface area contributed by atoms with Gasteiger partial charge < -0.3 is 5.32 Å². The molecule has 0 aliphatic carbocycles. The third-order valence-electron chi connectivity index (χ3n) is 5.81. The zero-order valence-corrected chi connectivity index (χ0v) is 17.8. The van der Waals surface area contributed by atoms with Crippen molar-refractivity contribution in [1.82, 2.24) is 20.2 Å². The summed E-state index contributed by atoms with van der Waals surface area (Å²) in [5, 5.41) is 3.37. The Bertz CT molecular complexity index is 1020. The fourth-order valence-corrected chi connectivity index (χ4v) is 4.02. The van der Waals surface area contributed by atoms with Gasteiger partial charge in [-0.25, -0.2) is 18.7 Å². The van der Waals surface area contributed by atoms with Crippen molar-refractivity contribution in [1.29, 1.82) is 0 Å². The Kier molecular flexibility index (Phi) is 6.99. The monoisotopic (exact) mass is 422 g/mol. The summed E-state index contributed by atoms with van der Waals surface area (Å²) >= 11 is 0. The molecule has 1 aliphatic rings. The van der Waals surface area contributed by atoms with Crippen LogP contribution in [0.15, 0.2) is 54.7 Å². The van der Waals surface area contributed by atoms with Gasteiger partial charge in [-0.2, -0.15) is 0 Å². The lowest BCUT2D eigenvalue weighted by Crippen LogP contribution is -2.49. The van der Waals surface area contributed by atoms with Crippen LogP contribution in [0.1, 0.15) is 30.3 Å². The molecule has 0 bridgehead atoms. The fourth-order valence-electron chi connectivity index (χ4n) is 4.02. The molecular formula is C25H28F2N4. The van der Waals surface area contributed by atoms with Gasteiger partial charge in [-0.05, 0) is 61.7 Å². The number of halogens is 2. The molecule has 0 spiro atoms. The first-order valence-electron chi connectivity index (χ1n) is 10.9. The average Bonchev–Trinajstić information content (AvgIpc) is 2.77. The largest absolute Gasteiger partial charge is 0.314 e.